The third kappa shape index (κ3) is 3.33. The van der Waals surface area contributed by atoms with E-state index in [4.69, 9.17) is 4.42 Å². The Bertz CT molecular complexity index is 1070. The number of furan rings is 1. The van der Waals surface area contributed by atoms with Gasteiger partial charge in [0.2, 0.25) is 5.91 Å². The van der Waals surface area contributed by atoms with Crippen molar-refractivity contribution in [2.75, 3.05) is 5.32 Å². The molecule has 146 valence electrons. The number of carbonyl (C=O) groups is 2. The molecule has 2 amide bonds. The first-order valence-electron chi connectivity index (χ1n) is 10.0. The van der Waals surface area contributed by atoms with E-state index in [1.807, 2.05) is 30.3 Å². The Morgan fingerprint density at radius 2 is 1.76 bits per heavy atom. The van der Waals surface area contributed by atoms with Gasteiger partial charge in [-0.25, -0.2) is 0 Å². The highest BCUT2D eigenvalue weighted by molar-refractivity contribution is 6.00. The Morgan fingerprint density at radius 3 is 2.59 bits per heavy atom. The molecule has 1 aliphatic heterocycles. The molecule has 29 heavy (non-hydrogen) atoms. The first-order valence-corrected chi connectivity index (χ1v) is 10.0. The van der Waals surface area contributed by atoms with Crippen LogP contribution in [0.25, 0.3) is 0 Å². The van der Waals surface area contributed by atoms with Crippen molar-refractivity contribution in [3.05, 3.63) is 88.9 Å². The molecule has 3 aromatic rings. The van der Waals surface area contributed by atoms with Gasteiger partial charge in [0, 0.05) is 18.7 Å². The first-order chi connectivity index (χ1) is 14.2. The number of fused-ring (bicyclic) bond motifs is 2. The van der Waals surface area contributed by atoms with Gasteiger partial charge in [0.05, 0.1) is 6.26 Å². The van der Waals surface area contributed by atoms with Crippen molar-refractivity contribution in [1.29, 1.82) is 0 Å². The molecule has 0 unspecified atom stereocenters. The van der Waals surface area contributed by atoms with Gasteiger partial charge in [-0.2, -0.15) is 0 Å². The molecule has 2 heterocycles. The van der Waals surface area contributed by atoms with Crippen LogP contribution in [-0.2, 0) is 30.6 Å². The van der Waals surface area contributed by atoms with Gasteiger partial charge < -0.3 is 14.6 Å². The molecular formula is C24H22N2O3. The molecule has 1 N–H and O–H groups in total. The van der Waals surface area contributed by atoms with E-state index in [0.717, 1.165) is 36.1 Å². The number of hydrogen-bond acceptors (Lipinski definition) is 3. The summed E-state index contributed by atoms with van der Waals surface area (Å²) in [5.74, 6) is -0.185. The second-order valence-electron chi connectivity index (χ2n) is 7.73. The number of rotatable bonds is 3. The van der Waals surface area contributed by atoms with Gasteiger partial charge in [-0.1, -0.05) is 30.3 Å². The third-order valence-corrected chi connectivity index (χ3v) is 5.91. The molecule has 2 aromatic carbocycles. The van der Waals surface area contributed by atoms with E-state index < -0.39 is 6.04 Å². The number of hydrogen-bond donors (Lipinski definition) is 1. The minimum atomic E-state index is -0.587. The summed E-state index contributed by atoms with van der Waals surface area (Å²) in [7, 11) is 0. The van der Waals surface area contributed by atoms with Crippen LogP contribution >= 0.6 is 0 Å². The third-order valence-electron chi connectivity index (χ3n) is 5.91. The minimum absolute atomic E-state index is 0.169. The Morgan fingerprint density at radius 1 is 0.931 bits per heavy atom. The Kier molecular flexibility index (Phi) is 4.43. The zero-order valence-electron chi connectivity index (χ0n) is 16.1. The lowest BCUT2D eigenvalue weighted by Crippen LogP contribution is -2.50. The van der Waals surface area contributed by atoms with Crippen LogP contribution in [0.4, 0.5) is 5.69 Å². The highest BCUT2D eigenvalue weighted by Crippen LogP contribution is 2.28. The lowest BCUT2D eigenvalue weighted by molar-refractivity contribution is -0.121. The molecule has 0 bridgehead atoms. The molecule has 1 aliphatic carbocycles. The normalized spacial score (nSPS) is 17.5. The fourth-order valence-corrected chi connectivity index (χ4v) is 4.39. The van der Waals surface area contributed by atoms with E-state index in [1.165, 1.54) is 17.4 Å². The number of aryl methyl sites for hydroxylation is 2. The second kappa shape index (κ2) is 7.24. The summed E-state index contributed by atoms with van der Waals surface area (Å²) < 4.78 is 5.31. The number of nitrogens with one attached hydrogen (secondary N) is 1. The van der Waals surface area contributed by atoms with E-state index in [9.17, 15) is 9.59 Å². The van der Waals surface area contributed by atoms with Crippen LogP contribution in [0, 0.1) is 0 Å². The van der Waals surface area contributed by atoms with Crippen molar-refractivity contribution in [3.8, 4) is 0 Å². The summed E-state index contributed by atoms with van der Waals surface area (Å²) in [5, 5.41) is 3.04. The van der Waals surface area contributed by atoms with E-state index in [0.29, 0.717) is 13.0 Å². The number of amides is 2. The number of benzene rings is 2. The van der Waals surface area contributed by atoms with Crippen LogP contribution in [0.5, 0.6) is 0 Å². The van der Waals surface area contributed by atoms with Crippen LogP contribution in [0.2, 0.25) is 0 Å². The van der Waals surface area contributed by atoms with E-state index in [1.54, 1.807) is 17.0 Å². The van der Waals surface area contributed by atoms with Crippen molar-refractivity contribution in [3.63, 3.8) is 0 Å². The van der Waals surface area contributed by atoms with Crippen molar-refractivity contribution in [2.45, 2.75) is 38.3 Å². The van der Waals surface area contributed by atoms with Crippen molar-refractivity contribution < 1.29 is 14.0 Å². The van der Waals surface area contributed by atoms with Crippen LogP contribution in [0.1, 0.15) is 39.2 Å². The molecule has 5 heteroatoms. The van der Waals surface area contributed by atoms with Gasteiger partial charge in [-0.3, -0.25) is 9.59 Å². The summed E-state index contributed by atoms with van der Waals surface area (Å²) in [5.41, 5.74) is 5.63. The summed E-state index contributed by atoms with van der Waals surface area (Å²) in [4.78, 5) is 27.9. The molecule has 0 spiro atoms. The maximum atomic E-state index is 13.2. The SMILES string of the molecule is O=C(Nc1ccc2c(c1)CCC2)[C@H]1Cc2ccccc2CN1C(=O)c1ccco1. The quantitative estimate of drug-likeness (QED) is 0.741. The predicted octanol–water partition coefficient (Wildman–Crippen LogP) is 3.97. The zero-order chi connectivity index (χ0) is 19.8. The van der Waals surface area contributed by atoms with Gasteiger partial charge in [0.15, 0.2) is 5.76 Å². The van der Waals surface area contributed by atoms with Crippen molar-refractivity contribution >= 4 is 17.5 Å². The lowest BCUT2D eigenvalue weighted by Gasteiger charge is -2.35. The fraction of sp³-hybridized carbons (Fsp3) is 0.250. The lowest BCUT2D eigenvalue weighted by atomic mass is 9.93. The largest absolute Gasteiger partial charge is 0.459 e. The highest BCUT2D eigenvalue weighted by Gasteiger charge is 2.36. The average Bonchev–Trinajstić information content (AvgIpc) is 3.44. The van der Waals surface area contributed by atoms with Crippen molar-refractivity contribution in [1.82, 2.24) is 4.90 Å². The molecule has 0 saturated carbocycles. The van der Waals surface area contributed by atoms with E-state index in [-0.39, 0.29) is 17.6 Å². The smallest absolute Gasteiger partial charge is 0.290 e. The number of anilines is 1. The molecular weight excluding hydrogens is 364 g/mol. The highest BCUT2D eigenvalue weighted by atomic mass is 16.3. The van der Waals surface area contributed by atoms with Gasteiger partial charge in [-0.15, -0.1) is 0 Å². The standard InChI is InChI=1S/C24H22N2O3/c27-23(25-20-11-10-16-7-3-8-17(16)13-20)21-14-18-5-1-2-6-19(18)15-26(21)24(28)22-9-4-12-29-22/h1-2,4-6,9-13,21H,3,7-8,14-15H2,(H,25,27)/t21-/m1/s1. The molecule has 1 atom stereocenters. The van der Waals surface area contributed by atoms with Gasteiger partial charge in [-0.05, 0) is 65.8 Å². The topological polar surface area (TPSA) is 62.6 Å². The maximum absolute atomic E-state index is 13.2. The monoisotopic (exact) mass is 386 g/mol. The molecule has 1 aromatic heterocycles. The predicted molar refractivity (Wildman–Crippen MR) is 110 cm³/mol. The number of carbonyl (C=O) groups excluding carboxylic acids is 2. The fourth-order valence-electron chi connectivity index (χ4n) is 4.39. The van der Waals surface area contributed by atoms with Crippen LogP contribution in [0.15, 0.2) is 65.3 Å². The summed E-state index contributed by atoms with van der Waals surface area (Å²) in [6.45, 7) is 0.387. The summed E-state index contributed by atoms with van der Waals surface area (Å²) in [6.07, 6.45) is 5.29. The van der Waals surface area contributed by atoms with Gasteiger partial charge in [0.25, 0.3) is 5.91 Å². The van der Waals surface area contributed by atoms with Crippen molar-refractivity contribution in [2.24, 2.45) is 0 Å². The second-order valence-corrected chi connectivity index (χ2v) is 7.73. The Labute approximate surface area is 169 Å². The van der Waals surface area contributed by atoms with E-state index >= 15 is 0 Å². The maximum Gasteiger partial charge on any atom is 0.290 e. The van der Waals surface area contributed by atoms with Gasteiger partial charge in [0.1, 0.15) is 6.04 Å². The molecule has 5 nitrogen and oxygen atoms in total. The molecule has 0 radical (unpaired) electrons. The molecule has 0 saturated heterocycles. The molecule has 2 aliphatic rings. The van der Waals surface area contributed by atoms with Gasteiger partial charge >= 0.3 is 0 Å². The summed E-state index contributed by atoms with van der Waals surface area (Å²) in [6, 6.07) is 16.8. The van der Waals surface area contributed by atoms with E-state index in [2.05, 4.69) is 17.4 Å². The first kappa shape index (κ1) is 17.7. The average molecular weight is 386 g/mol. The zero-order valence-corrected chi connectivity index (χ0v) is 16.1. The molecule has 0 fully saturated rings. The minimum Gasteiger partial charge on any atom is -0.459 e. The number of nitrogens with zero attached hydrogens (tertiary/aromatic N) is 1. The summed E-state index contributed by atoms with van der Waals surface area (Å²) >= 11 is 0. The van der Waals surface area contributed by atoms with Crippen LogP contribution < -0.4 is 5.32 Å². The Balaban J connectivity index is 1.43. The van der Waals surface area contributed by atoms with Crippen LogP contribution in [-0.4, -0.2) is 22.8 Å². The molecule has 5 rings (SSSR count). The Hall–Kier alpha value is -3.34. The van der Waals surface area contributed by atoms with Crippen LogP contribution in [0.3, 0.4) is 0 Å².